The van der Waals surface area contributed by atoms with Gasteiger partial charge < -0.3 is 18.4 Å². The quantitative estimate of drug-likeness (QED) is 0.121. The zero-order valence-corrected chi connectivity index (χ0v) is 33.4. The first-order valence-corrected chi connectivity index (χ1v) is 22.3. The standard InChI is InChI=1S/C42H51NO6Si2/c1-41(2,3)50(8,9)48-33-25-26-39(44)43(49-51(42(4,5)6,34-21-15-11-16-22-34)35-23-17-12-18-24-35)37-27-32(40(45)46-7)28-38(36(37)29-33)47-30-31-19-13-10-14-20-31/h10-28,33H,29-30H2,1-9H3/b26-25-/t33-/m0/s1. The van der Waals surface area contributed by atoms with Crippen molar-refractivity contribution in [3.8, 4) is 5.75 Å². The van der Waals surface area contributed by atoms with Gasteiger partial charge in [-0.25, -0.2) is 4.79 Å². The third-order valence-electron chi connectivity index (χ3n) is 10.0. The van der Waals surface area contributed by atoms with E-state index in [1.54, 1.807) is 18.2 Å². The second-order valence-corrected chi connectivity index (χ2v) is 24.6. The van der Waals surface area contributed by atoms with E-state index in [9.17, 15) is 9.59 Å². The molecule has 51 heavy (non-hydrogen) atoms. The van der Waals surface area contributed by atoms with Gasteiger partial charge in [-0.05, 0) is 51.2 Å². The summed E-state index contributed by atoms with van der Waals surface area (Å²) in [6.07, 6.45) is 3.36. The molecule has 4 aromatic rings. The van der Waals surface area contributed by atoms with Gasteiger partial charge in [-0.15, -0.1) is 0 Å². The minimum atomic E-state index is -3.32. The van der Waals surface area contributed by atoms with E-state index in [1.165, 1.54) is 12.2 Å². The lowest BCUT2D eigenvalue weighted by Gasteiger charge is -2.45. The van der Waals surface area contributed by atoms with Crippen molar-refractivity contribution in [1.82, 2.24) is 0 Å². The van der Waals surface area contributed by atoms with Gasteiger partial charge in [0.1, 0.15) is 12.4 Å². The highest BCUT2D eigenvalue weighted by molar-refractivity contribution is 6.99. The van der Waals surface area contributed by atoms with Crippen LogP contribution in [-0.2, 0) is 31.5 Å². The van der Waals surface area contributed by atoms with Crippen LogP contribution >= 0.6 is 0 Å². The highest BCUT2D eigenvalue weighted by atomic mass is 28.4. The number of hydrogen-bond donors (Lipinski definition) is 0. The molecule has 0 spiro atoms. The van der Waals surface area contributed by atoms with Crippen LogP contribution < -0.4 is 20.2 Å². The Hall–Kier alpha value is -4.29. The Bertz CT molecular complexity index is 1810. The van der Waals surface area contributed by atoms with E-state index in [0.717, 1.165) is 15.9 Å². The molecule has 0 aromatic heterocycles. The van der Waals surface area contributed by atoms with Gasteiger partial charge in [-0.3, -0.25) is 4.79 Å². The summed E-state index contributed by atoms with van der Waals surface area (Å²) in [5.41, 5.74) is 2.34. The van der Waals surface area contributed by atoms with Crippen LogP contribution in [0.15, 0.2) is 115 Å². The van der Waals surface area contributed by atoms with E-state index in [4.69, 9.17) is 18.4 Å². The first-order valence-electron chi connectivity index (χ1n) is 17.5. The number of carbonyl (C=O) groups excluding carboxylic acids is 2. The van der Waals surface area contributed by atoms with Crippen molar-refractivity contribution in [3.05, 3.63) is 132 Å². The minimum Gasteiger partial charge on any atom is -0.489 e. The molecular formula is C42H51NO6Si2. The Morgan fingerprint density at radius 3 is 1.86 bits per heavy atom. The molecule has 0 saturated heterocycles. The number of fused-ring (bicyclic) bond motifs is 1. The zero-order chi connectivity index (χ0) is 37.0. The topological polar surface area (TPSA) is 74.3 Å². The van der Waals surface area contributed by atoms with Gasteiger partial charge in [-0.1, -0.05) is 139 Å². The van der Waals surface area contributed by atoms with Crippen LogP contribution in [0.25, 0.3) is 0 Å². The third-order valence-corrected chi connectivity index (χ3v) is 19.4. The molecule has 268 valence electrons. The second kappa shape index (κ2) is 15.1. The SMILES string of the molecule is COC(=O)c1cc(OCc2ccccc2)c2c(c1)N(O[Si](c1ccccc1)(c1ccccc1)C(C)(C)C)C(=O)/C=C\[C@H](O[Si](C)(C)C(C)(C)C)C2. The summed E-state index contributed by atoms with van der Waals surface area (Å²) in [4.78, 5) is 28.0. The number of ether oxygens (including phenoxy) is 2. The molecular weight excluding hydrogens is 671 g/mol. The van der Waals surface area contributed by atoms with Crippen molar-refractivity contribution < 1.29 is 28.0 Å². The lowest BCUT2D eigenvalue weighted by Crippen LogP contribution is -2.69. The van der Waals surface area contributed by atoms with Gasteiger partial charge in [0.25, 0.3) is 14.2 Å². The van der Waals surface area contributed by atoms with Crippen LogP contribution in [0.1, 0.15) is 63.0 Å². The maximum atomic E-state index is 14.7. The maximum absolute atomic E-state index is 14.7. The predicted octanol–water partition coefficient (Wildman–Crippen LogP) is 8.38. The Morgan fingerprint density at radius 1 is 0.804 bits per heavy atom. The molecule has 0 N–H and O–H groups in total. The summed E-state index contributed by atoms with van der Waals surface area (Å²) in [5, 5.41) is 2.91. The largest absolute Gasteiger partial charge is 0.489 e. The van der Waals surface area contributed by atoms with Crippen LogP contribution in [0.3, 0.4) is 0 Å². The molecule has 7 nitrogen and oxygen atoms in total. The summed E-state index contributed by atoms with van der Waals surface area (Å²) in [6, 6.07) is 33.6. The Balaban J connectivity index is 1.77. The number of rotatable bonds is 10. The Morgan fingerprint density at radius 2 is 1.35 bits per heavy atom. The highest BCUT2D eigenvalue weighted by Crippen LogP contribution is 2.43. The number of benzene rings is 4. The molecule has 9 heteroatoms. The summed E-state index contributed by atoms with van der Waals surface area (Å²) in [7, 11) is -4.25. The number of anilines is 1. The first-order chi connectivity index (χ1) is 24.1. The predicted molar refractivity (Wildman–Crippen MR) is 210 cm³/mol. The van der Waals surface area contributed by atoms with E-state index in [2.05, 4.69) is 78.9 Å². The van der Waals surface area contributed by atoms with Crippen LogP contribution in [0.4, 0.5) is 5.69 Å². The summed E-state index contributed by atoms with van der Waals surface area (Å²) in [5.74, 6) is -0.476. The van der Waals surface area contributed by atoms with Crippen LogP contribution in [0, 0.1) is 0 Å². The number of amides is 1. The van der Waals surface area contributed by atoms with Gasteiger partial charge in [-0.2, -0.15) is 5.06 Å². The van der Waals surface area contributed by atoms with Crippen molar-refractivity contribution in [3.63, 3.8) is 0 Å². The normalized spacial score (nSPS) is 16.1. The fourth-order valence-electron chi connectivity index (χ4n) is 6.25. The first kappa shape index (κ1) is 38.0. The van der Waals surface area contributed by atoms with E-state index in [1.807, 2.05) is 72.8 Å². The van der Waals surface area contributed by atoms with Gasteiger partial charge in [0, 0.05) is 18.1 Å². The molecule has 1 atom stereocenters. The lowest BCUT2D eigenvalue weighted by molar-refractivity contribution is -0.118. The van der Waals surface area contributed by atoms with Crippen molar-refractivity contribution in [1.29, 1.82) is 0 Å². The number of carbonyl (C=O) groups is 2. The monoisotopic (exact) mass is 721 g/mol. The Labute approximate surface area is 305 Å². The van der Waals surface area contributed by atoms with Crippen LogP contribution in [-0.4, -0.2) is 41.7 Å². The number of nitrogens with zero attached hydrogens (tertiary/aromatic N) is 1. The van der Waals surface area contributed by atoms with E-state index in [0.29, 0.717) is 23.4 Å². The van der Waals surface area contributed by atoms with Gasteiger partial charge in [0.05, 0.1) is 24.5 Å². The van der Waals surface area contributed by atoms with E-state index in [-0.39, 0.29) is 23.1 Å². The molecule has 0 unspecified atom stereocenters. The van der Waals surface area contributed by atoms with Crippen molar-refractivity contribution >= 4 is 44.6 Å². The molecule has 5 rings (SSSR count). The van der Waals surface area contributed by atoms with E-state index < -0.39 is 33.7 Å². The Kier molecular flexibility index (Phi) is 11.3. The lowest BCUT2D eigenvalue weighted by atomic mass is 9.99. The molecule has 1 heterocycles. The van der Waals surface area contributed by atoms with Crippen LogP contribution in [0.2, 0.25) is 23.2 Å². The smallest absolute Gasteiger partial charge is 0.338 e. The summed E-state index contributed by atoms with van der Waals surface area (Å²) in [6.45, 7) is 17.7. The molecule has 0 aliphatic carbocycles. The molecule has 1 aliphatic rings. The minimum absolute atomic E-state index is 0.0597. The van der Waals surface area contributed by atoms with Crippen molar-refractivity contribution in [2.24, 2.45) is 0 Å². The van der Waals surface area contributed by atoms with Gasteiger partial charge >= 0.3 is 5.97 Å². The maximum Gasteiger partial charge on any atom is 0.338 e. The summed E-state index contributed by atoms with van der Waals surface area (Å²) >= 11 is 0. The number of methoxy groups -OCH3 is 1. The molecule has 0 fully saturated rings. The third kappa shape index (κ3) is 8.12. The molecule has 0 bridgehead atoms. The fourth-order valence-corrected chi connectivity index (χ4v) is 11.9. The number of hydrogen-bond acceptors (Lipinski definition) is 6. The van der Waals surface area contributed by atoms with Crippen LogP contribution in [0.5, 0.6) is 5.75 Å². The summed E-state index contributed by atoms with van der Waals surface area (Å²) < 4.78 is 26.1. The van der Waals surface area contributed by atoms with Crippen molar-refractivity contribution in [2.75, 3.05) is 12.2 Å². The molecule has 0 saturated carbocycles. The zero-order valence-electron chi connectivity index (χ0n) is 31.4. The number of hydroxylamine groups is 1. The second-order valence-electron chi connectivity index (χ2n) is 15.6. The highest BCUT2D eigenvalue weighted by Gasteiger charge is 2.53. The van der Waals surface area contributed by atoms with E-state index >= 15 is 0 Å². The van der Waals surface area contributed by atoms with Crippen molar-refractivity contribution in [2.45, 2.75) is 83.8 Å². The molecule has 1 amide bonds. The molecule has 4 aromatic carbocycles. The molecule has 0 radical (unpaired) electrons. The molecule has 1 aliphatic heterocycles. The average molecular weight is 722 g/mol. The fraction of sp³-hybridized carbons (Fsp3) is 0.333. The average Bonchev–Trinajstić information content (AvgIpc) is 3.09. The number of esters is 1. The van der Waals surface area contributed by atoms with Gasteiger partial charge in [0.15, 0.2) is 8.32 Å². The van der Waals surface area contributed by atoms with Gasteiger partial charge in [0.2, 0.25) is 0 Å².